The van der Waals surface area contributed by atoms with E-state index < -0.39 is 10.0 Å². The van der Waals surface area contributed by atoms with E-state index in [0.29, 0.717) is 26.1 Å². The van der Waals surface area contributed by atoms with Gasteiger partial charge in [0.2, 0.25) is 15.9 Å². The van der Waals surface area contributed by atoms with Crippen molar-refractivity contribution in [2.24, 2.45) is 0 Å². The molecule has 0 spiro atoms. The van der Waals surface area contributed by atoms with Crippen LogP contribution in [-0.4, -0.2) is 31.7 Å². The molecular formula is C22H30N2O3S. The van der Waals surface area contributed by atoms with Crippen molar-refractivity contribution in [1.29, 1.82) is 0 Å². The predicted octanol–water partition coefficient (Wildman–Crippen LogP) is 3.66. The zero-order chi connectivity index (χ0) is 20.6. The SMILES string of the molecule is CCN(CC)S(=O)(=O)c1ccc(CNC(=O)CCCc2ccc(C)cc2)cc1. The first kappa shape index (κ1) is 22.1. The molecule has 152 valence electrons. The van der Waals surface area contributed by atoms with Crippen LogP contribution in [0.3, 0.4) is 0 Å². The molecular weight excluding hydrogens is 372 g/mol. The molecule has 28 heavy (non-hydrogen) atoms. The zero-order valence-electron chi connectivity index (χ0n) is 16.9. The van der Waals surface area contributed by atoms with E-state index in [9.17, 15) is 13.2 Å². The molecule has 2 aromatic rings. The lowest BCUT2D eigenvalue weighted by Crippen LogP contribution is -2.30. The number of carbonyl (C=O) groups is 1. The number of sulfonamides is 1. The maximum atomic E-state index is 12.5. The molecule has 1 N–H and O–H groups in total. The average molecular weight is 403 g/mol. The molecule has 0 heterocycles. The van der Waals surface area contributed by atoms with E-state index in [-0.39, 0.29) is 10.8 Å². The Labute approximate surface area is 168 Å². The average Bonchev–Trinajstić information content (AvgIpc) is 2.69. The number of nitrogens with zero attached hydrogens (tertiary/aromatic N) is 1. The second kappa shape index (κ2) is 10.4. The quantitative estimate of drug-likeness (QED) is 0.659. The standard InChI is InChI=1S/C22H30N2O3S/c1-4-24(5-2)28(26,27)21-15-13-20(14-16-21)17-23-22(25)8-6-7-19-11-9-18(3)10-12-19/h9-16H,4-8,17H2,1-3H3,(H,23,25). The molecule has 5 nitrogen and oxygen atoms in total. The monoisotopic (exact) mass is 402 g/mol. The van der Waals surface area contributed by atoms with Crippen LogP contribution in [0, 0.1) is 6.92 Å². The highest BCUT2D eigenvalue weighted by Gasteiger charge is 2.21. The van der Waals surface area contributed by atoms with Gasteiger partial charge in [-0.15, -0.1) is 0 Å². The summed E-state index contributed by atoms with van der Waals surface area (Å²) in [5, 5.41) is 2.90. The van der Waals surface area contributed by atoms with E-state index in [4.69, 9.17) is 0 Å². The van der Waals surface area contributed by atoms with Gasteiger partial charge in [0.05, 0.1) is 4.90 Å². The lowest BCUT2D eigenvalue weighted by atomic mass is 10.1. The van der Waals surface area contributed by atoms with E-state index in [1.165, 1.54) is 15.4 Å². The Morgan fingerprint density at radius 3 is 2.07 bits per heavy atom. The summed E-state index contributed by atoms with van der Waals surface area (Å²) < 4.78 is 26.4. The number of rotatable bonds is 10. The summed E-state index contributed by atoms with van der Waals surface area (Å²) in [6.45, 7) is 6.99. The van der Waals surface area contributed by atoms with Crippen LogP contribution >= 0.6 is 0 Å². The molecule has 0 radical (unpaired) electrons. The summed E-state index contributed by atoms with van der Waals surface area (Å²) in [5.41, 5.74) is 3.35. The van der Waals surface area contributed by atoms with E-state index in [2.05, 4.69) is 36.5 Å². The summed E-state index contributed by atoms with van der Waals surface area (Å²) in [6, 6.07) is 15.1. The molecule has 6 heteroatoms. The van der Waals surface area contributed by atoms with Gasteiger partial charge in [0.15, 0.2) is 0 Å². The number of hydrogen-bond acceptors (Lipinski definition) is 3. The Balaban J connectivity index is 1.80. The molecule has 0 unspecified atom stereocenters. The van der Waals surface area contributed by atoms with Crippen molar-refractivity contribution >= 4 is 15.9 Å². The van der Waals surface area contributed by atoms with Gasteiger partial charge in [-0.25, -0.2) is 8.42 Å². The van der Waals surface area contributed by atoms with Gasteiger partial charge in [0.25, 0.3) is 0 Å². The Bertz CT molecular complexity index is 856. The van der Waals surface area contributed by atoms with Gasteiger partial charge in [0, 0.05) is 26.1 Å². The summed E-state index contributed by atoms with van der Waals surface area (Å²) in [7, 11) is -3.44. The van der Waals surface area contributed by atoms with Gasteiger partial charge in [-0.05, 0) is 43.0 Å². The Morgan fingerprint density at radius 1 is 0.929 bits per heavy atom. The third kappa shape index (κ3) is 6.17. The lowest BCUT2D eigenvalue weighted by Gasteiger charge is -2.18. The van der Waals surface area contributed by atoms with Crippen molar-refractivity contribution < 1.29 is 13.2 Å². The first-order chi connectivity index (χ1) is 13.4. The Hall–Kier alpha value is -2.18. The normalized spacial score (nSPS) is 11.6. The maximum Gasteiger partial charge on any atom is 0.243 e. The second-order valence-electron chi connectivity index (χ2n) is 6.85. The van der Waals surface area contributed by atoms with Gasteiger partial charge >= 0.3 is 0 Å². The van der Waals surface area contributed by atoms with Crippen LogP contribution in [0.4, 0.5) is 0 Å². The minimum Gasteiger partial charge on any atom is -0.352 e. The van der Waals surface area contributed by atoms with E-state index in [1.54, 1.807) is 24.3 Å². The minimum atomic E-state index is -3.44. The summed E-state index contributed by atoms with van der Waals surface area (Å²) in [6.07, 6.45) is 2.16. The van der Waals surface area contributed by atoms with Crippen LogP contribution in [0.25, 0.3) is 0 Å². The Kier molecular flexibility index (Phi) is 8.20. The zero-order valence-corrected chi connectivity index (χ0v) is 17.8. The van der Waals surface area contributed by atoms with Gasteiger partial charge in [0.1, 0.15) is 0 Å². The summed E-state index contributed by atoms with van der Waals surface area (Å²) >= 11 is 0. The highest BCUT2D eigenvalue weighted by atomic mass is 32.2. The topological polar surface area (TPSA) is 66.5 Å². The van der Waals surface area contributed by atoms with Crippen LogP contribution in [-0.2, 0) is 27.8 Å². The lowest BCUT2D eigenvalue weighted by molar-refractivity contribution is -0.121. The molecule has 0 aliphatic carbocycles. The van der Waals surface area contributed by atoms with Gasteiger partial charge in [-0.1, -0.05) is 55.8 Å². The molecule has 1 amide bonds. The molecule has 0 fully saturated rings. The largest absolute Gasteiger partial charge is 0.352 e. The van der Waals surface area contributed by atoms with E-state index in [0.717, 1.165) is 18.4 Å². The number of amides is 1. The molecule has 2 rings (SSSR count). The van der Waals surface area contributed by atoms with Crippen molar-refractivity contribution in [3.8, 4) is 0 Å². The maximum absolute atomic E-state index is 12.5. The number of hydrogen-bond donors (Lipinski definition) is 1. The smallest absolute Gasteiger partial charge is 0.243 e. The van der Waals surface area contributed by atoms with Crippen molar-refractivity contribution in [3.63, 3.8) is 0 Å². The highest BCUT2D eigenvalue weighted by Crippen LogP contribution is 2.16. The summed E-state index contributed by atoms with van der Waals surface area (Å²) in [4.78, 5) is 12.3. The summed E-state index contributed by atoms with van der Waals surface area (Å²) in [5.74, 6) is 0.00644. The van der Waals surface area contributed by atoms with Gasteiger partial charge in [-0.3, -0.25) is 4.79 Å². The van der Waals surface area contributed by atoms with Crippen molar-refractivity contribution in [3.05, 3.63) is 65.2 Å². The third-order valence-electron chi connectivity index (χ3n) is 4.75. The molecule has 0 aromatic heterocycles. The first-order valence-electron chi connectivity index (χ1n) is 9.78. The highest BCUT2D eigenvalue weighted by molar-refractivity contribution is 7.89. The van der Waals surface area contributed by atoms with Crippen LogP contribution < -0.4 is 5.32 Å². The fraction of sp³-hybridized carbons (Fsp3) is 0.409. The van der Waals surface area contributed by atoms with Crippen LogP contribution in [0.2, 0.25) is 0 Å². The van der Waals surface area contributed by atoms with Gasteiger partial charge < -0.3 is 5.32 Å². The van der Waals surface area contributed by atoms with E-state index in [1.807, 2.05) is 13.8 Å². The predicted molar refractivity (Wildman–Crippen MR) is 113 cm³/mol. The molecule has 0 aliphatic heterocycles. The van der Waals surface area contributed by atoms with Gasteiger partial charge in [-0.2, -0.15) is 4.31 Å². The number of carbonyl (C=O) groups excluding carboxylic acids is 1. The van der Waals surface area contributed by atoms with Crippen molar-refractivity contribution in [1.82, 2.24) is 9.62 Å². The van der Waals surface area contributed by atoms with Crippen molar-refractivity contribution in [2.75, 3.05) is 13.1 Å². The first-order valence-corrected chi connectivity index (χ1v) is 11.2. The van der Waals surface area contributed by atoms with Crippen LogP contribution in [0.5, 0.6) is 0 Å². The fourth-order valence-electron chi connectivity index (χ4n) is 2.99. The second-order valence-corrected chi connectivity index (χ2v) is 8.79. The number of benzene rings is 2. The molecule has 0 saturated heterocycles. The molecule has 0 atom stereocenters. The van der Waals surface area contributed by atoms with E-state index >= 15 is 0 Å². The molecule has 0 bridgehead atoms. The molecule has 2 aromatic carbocycles. The van der Waals surface area contributed by atoms with Crippen LogP contribution in [0.1, 0.15) is 43.4 Å². The fourth-order valence-corrected chi connectivity index (χ4v) is 4.45. The molecule has 0 aliphatic rings. The Morgan fingerprint density at radius 2 is 1.50 bits per heavy atom. The molecule has 0 saturated carbocycles. The number of nitrogens with one attached hydrogen (secondary N) is 1. The number of aryl methyl sites for hydroxylation is 2. The van der Waals surface area contributed by atoms with Crippen molar-refractivity contribution in [2.45, 2.75) is 51.5 Å². The third-order valence-corrected chi connectivity index (χ3v) is 6.81. The van der Waals surface area contributed by atoms with Crippen LogP contribution in [0.15, 0.2) is 53.4 Å². The minimum absolute atomic E-state index is 0.00644.